The first kappa shape index (κ1) is 17.8. The van der Waals surface area contributed by atoms with Crippen LogP contribution in [-0.2, 0) is 0 Å². The second-order valence-electron chi connectivity index (χ2n) is 5.29. The van der Waals surface area contributed by atoms with Crippen LogP contribution >= 0.6 is 39.1 Å². The van der Waals surface area contributed by atoms with Gasteiger partial charge in [0.15, 0.2) is 5.75 Å². The van der Waals surface area contributed by atoms with E-state index in [9.17, 15) is 14.7 Å². The summed E-state index contributed by atoms with van der Waals surface area (Å²) in [4.78, 5) is 25.8. The van der Waals surface area contributed by atoms with Crippen LogP contribution in [0.5, 0.6) is 5.75 Å². The van der Waals surface area contributed by atoms with Crippen molar-refractivity contribution in [1.29, 1.82) is 0 Å². The minimum absolute atomic E-state index is 0.107. The van der Waals surface area contributed by atoms with Crippen molar-refractivity contribution in [1.82, 2.24) is 5.32 Å². The molecule has 0 atom stereocenters. The summed E-state index contributed by atoms with van der Waals surface area (Å²) < 4.78 is 0.608. The Labute approximate surface area is 161 Å². The lowest BCUT2D eigenvalue weighted by molar-refractivity contribution is 0.102. The molecule has 3 amide bonds. The molecule has 1 fully saturated rings. The summed E-state index contributed by atoms with van der Waals surface area (Å²) in [7, 11) is 0. The van der Waals surface area contributed by atoms with Crippen LogP contribution in [0.1, 0.15) is 10.4 Å². The van der Waals surface area contributed by atoms with Gasteiger partial charge in [0.05, 0.1) is 21.4 Å². The van der Waals surface area contributed by atoms with Crippen molar-refractivity contribution in [3.63, 3.8) is 0 Å². The second kappa shape index (κ2) is 7.11. The monoisotopic (exact) mass is 443 g/mol. The van der Waals surface area contributed by atoms with Crippen LogP contribution in [0.25, 0.3) is 0 Å². The lowest BCUT2D eigenvalue weighted by Crippen LogP contribution is -2.28. The van der Waals surface area contributed by atoms with E-state index in [0.717, 1.165) is 0 Å². The zero-order valence-electron chi connectivity index (χ0n) is 12.6. The van der Waals surface area contributed by atoms with Crippen LogP contribution in [0.2, 0.25) is 10.0 Å². The summed E-state index contributed by atoms with van der Waals surface area (Å²) in [6.45, 7) is 0.974. The van der Waals surface area contributed by atoms with E-state index in [-0.39, 0.29) is 28.1 Å². The number of phenolic OH excluding ortho intramolecular Hbond substituents is 1. The number of hydrogen-bond donors (Lipinski definition) is 3. The number of amides is 3. The molecule has 0 saturated carbocycles. The summed E-state index contributed by atoms with van der Waals surface area (Å²) in [6, 6.07) is 7.38. The Morgan fingerprint density at radius 1 is 1.24 bits per heavy atom. The molecule has 3 N–H and O–H groups in total. The first-order valence-corrected chi connectivity index (χ1v) is 8.76. The summed E-state index contributed by atoms with van der Waals surface area (Å²) in [5, 5.41) is 15.7. The molecule has 1 saturated heterocycles. The van der Waals surface area contributed by atoms with E-state index in [4.69, 9.17) is 23.2 Å². The van der Waals surface area contributed by atoms with Gasteiger partial charge in [0.2, 0.25) is 0 Å². The molecule has 3 rings (SSSR count). The minimum atomic E-state index is -0.470. The van der Waals surface area contributed by atoms with Gasteiger partial charge in [0.1, 0.15) is 0 Å². The fourth-order valence-corrected chi connectivity index (χ4v) is 3.45. The van der Waals surface area contributed by atoms with Crippen molar-refractivity contribution in [2.24, 2.45) is 0 Å². The predicted molar refractivity (Wildman–Crippen MR) is 101 cm³/mol. The number of nitrogens with one attached hydrogen (secondary N) is 2. The number of rotatable bonds is 3. The fourth-order valence-electron chi connectivity index (χ4n) is 2.42. The smallest absolute Gasteiger partial charge is 0.322 e. The lowest BCUT2D eigenvalue weighted by atomic mass is 10.1. The minimum Gasteiger partial charge on any atom is -0.504 e. The second-order valence-corrected chi connectivity index (χ2v) is 7.02. The molecule has 6 nitrogen and oxygen atoms in total. The molecule has 2 aromatic rings. The van der Waals surface area contributed by atoms with Gasteiger partial charge in [-0.2, -0.15) is 0 Å². The average Bonchev–Trinajstić information content (AvgIpc) is 2.98. The Hall–Kier alpha value is -1.96. The summed E-state index contributed by atoms with van der Waals surface area (Å²) >= 11 is 15.3. The number of carbonyl (C=O) groups is 2. The Morgan fingerprint density at radius 3 is 2.68 bits per heavy atom. The van der Waals surface area contributed by atoms with E-state index in [1.165, 1.54) is 29.2 Å². The average molecular weight is 445 g/mol. The quantitative estimate of drug-likeness (QED) is 0.619. The number of urea groups is 1. The van der Waals surface area contributed by atoms with Crippen molar-refractivity contribution in [2.75, 3.05) is 23.3 Å². The van der Waals surface area contributed by atoms with Gasteiger partial charge in [-0.05, 0) is 30.3 Å². The van der Waals surface area contributed by atoms with Crippen molar-refractivity contribution in [3.05, 3.63) is 50.4 Å². The van der Waals surface area contributed by atoms with Crippen LogP contribution in [-0.4, -0.2) is 30.1 Å². The zero-order valence-corrected chi connectivity index (χ0v) is 15.7. The maximum Gasteiger partial charge on any atom is 0.322 e. The molecule has 9 heteroatoms. The molecular weight excluding hydrogens is 433 g/mol. The van der Waals surface area contributed by atoms with E-state index < -0.39 is 5.91 Å². The molecular formula is C16H12BrCl2N3O3. The van der Waals surface area contributed by atoms with Crippen molar-refractivity contribution in [2.45, 2.75) is 0 Å². The highest BCUT2D eigenvalue weighted by atomic mass is 79.9. The van der Waals surface area contributed by atoms with E-state index in [2.05, 4.69) is 26.6 Å². The van der Waals surface area contributed by atoms with Gasteiger partial charge in [-0.3, -0.25) is 9.69 Å². The van der Waals surface area contributed by atoms with Gasteiger partial charge in [0, 0.05) is 23.1 Å². The number of anilines is 2. The Morgan fingerprint density at radius 2 is 2.00 bits per heavy atom. The molecule has 0 radical (unpaired) electrons. The van der Waals surface area contributed by atoms with Crippen LogP contribution in [0.4, 0.5) is 16.2 Å². The molecule has 0 aliphatic carbocycles. The molecule has 0 spiro atoms. The number of hydrogen-bond acceptors (Lipinski definition) is 3. The maximum atomic E-state index is 12.5. The van der Waals surface area contributed by atoms with Gasteiger partial charge in [-0.15, -0.1) is 0 Å². The highest BCUT2D eigenvalue weighted by molar-refractivity contribution is 9.10. The van der Waals surface area contributed by atoms with Crippen LogP contribution in [0.3, 0.4) is 0 Å². The van der Waals surface area contributed by atoms with Gasteiger partial charge in [0.25, 0.3) is 5.91 Å². The van der Waals surface area contributed by atoms with E-state index in [1.807, 2.05) is 0 Å². The maximum absolute atomic E-state index is 12.5. The van der Waals surface area contributed by atoms with E-state index >= 15 is 0 Å². The molecule has 1 heterocycles. The van der Waals surface area contributed by atoms with E-state index in [0.29, 0.717) is 28.3 Å². The van der Waals surface area contributed by atoms with Gasteiger partial charge in [-0.1, -0.05) is 39.1 Å². The van der Waals surface area contributed by atoms with Crippen LogP contribution in [0, 0.1) is 0 Å². The SMILES string of the molecule is O=C(Nc1cc(Br)cc(Cl)c1O)c1ccc(Cl)c(N2CCNC2=O)c1. The number of phenols is 1. The van der Waals surface area contributed by atoms with E-state index in [1.54, 1.807) is 6.07 Å². The predicted octanol–water partition coefficient (Wildman–Crippen LogP) is 4.24. The number of benzene rings is 2. The first-order chi connectivity index (χ1) is 11.9. The van der Waals surface area contributed by atoms with Crippen molar-refractivity contribution >= 4 is 62.4 Å². The zero-order chi connectivity index (χ0) is 18.1. The topological polar surface area (TPSA) is 81.7 Å². The first-order valence-electron chi connectivity index (χ1n) is 7.21. The molecule has 0 aromatic heterocycles. The van der Waals surface area contributed by atoms with Crippen LogP contribution in [0.15, 0.2) is 34.8 Å². The highest BCUT2D eigenvalue weighted by Crippen LogP contribution is 2.36. The number of halogens is 3. The van der Waals surface area contributed by atoms with Crippen LogP contribution < -0.4 is 15.5 Å². The molecule has 0 unspecified atom stereocenters. The molecule has 130 valence electrons. The summed E-state index contributed by atoms with van der Waals surface area (Å²) in [5.74, 6) is -0.701. The molecule has 25 heavy (non-hydrogen) atoms. The third-order valence-electron chi connectivity index (χ3n) is 3.63. The Kier molecular flexibility index (Phi) is 5.08. The third-order valence-corrected chi connectivity index (χ3v) is 4.70. The molecule has 1 aliphatic rings. The number of nitrogens with zero attached hydrogens (tertiary/aromatic N) is 1. The van der Waals surface area contributed by atoms with Gasteiger partial charge < -0.3 is 15.7 Å². The molecule has 0 bridgehead atoms. The number of carbonyl (C=O) groups excluding carboxylic acids is 2. The third kappa shape index (κ3) is 3.68. The standard InChI is InChI=1S/C16H12BrCl2N3O3/c17-9-6-11(19)14(23)12(7-9)21-15(24)8-1-2-10(18)13(5-8)22-4-3-20-16(22)25/h1-2,5-7,23H,3-4H2,(H,20,25)(H,21,24). The molecule has 1 aliphatic heterocycles. The molecule has 2 aromatic carbocycles. The van der Waals surface area contributed by atoms with Gasteiger partial charge in [-0.25, -0.2) is 4.79 Å². The summed E-state index contributed by atoms with van der Waals surface area (Å²) in [6.07, 6.45) is 0. The van der Waals surface area contributed by atoms with Crippen molar-refractivity contribution < 1.29 is 14.7 Å². The number of aromatic hydroxyl groups is 1. The Bertz CT molecular complexity index is 876. The largest absolute Gasteiger partial charge is 0.504 e. The Balaban J connectivity index is 1.89. The fraction of sp³-hybridized carbons (Fsp3) is 0.125. The highest BCUT2D eigenvalue weighted by Gasteiger charge is 2.24. The van der Waals surface area contributed by atoms with Gasteiger partial charge >= 0.3 is 6.03 Å². The lowest BCUT2D eigenvalue weighted by Gasteiger charge is -2.17. The normalized spacial score (nSPS) is 13.7. The van der Waals surface area contributed by atoms with Crippen molar-refractivity contribution in [3.8, 4) is 5.75 Å². The summed E-state index contributed by atoms with van der Waals surface area (Å²) in [5.41, 5.74) is 0.898.